The average Bonchev–Trinajstić information content (AvgIpc) is 2.47. The number of ether oxygens (including phenoxy) is 1. The summed E-state index contributed by atoms with van der Waals surface area (Å²) in [5.74, 6) is 2.78. The van der Waals surface area contributed by atoms with Crippen LogP contribution in [0.1, 0.15) is 0 Å². The predicted molar refractivity (Wildman–Crippen MR) is 83.7 cm³/mol. The first-order valence-electron chi connectivity index (χ1n) is 6.61. The maximum Gasteiger partial charge on any atom is 0.240 e. The molecule has 1 aromatic carbocycles. The Morgan fingerprint density at radius 2 is 2.45 bits per heavy atom. The number of carbonyl (C=O) groups excluding carboxylic acids is 1. The summed E-state index contributed by atoms with van der Waals surface area (Å²) in [6, 6.07) is 7.20. The van der Waals surface area contributed by atoms with Crippen LogP contribution in [0.5, 0.6) is 5.75 Å². The molecular weight excluding hydrogens is 296 g/mol. The van der Waals surface area contributed by atoms with E-state index in [2.05, 4.69) is 5.32 Å². The highest BCUT2D eigenvalue weighted by Crippen LogP contribution is 2.17. The monoisotopic (exact) mass is 314 g/mol. The van der Waals surface area contributed by atoms with E-state index in [1.54, 1.807) is 17.0 Å². The van der Waals surface area contributed by atoms with Crippen molar-refractivity contribution in [3.05, 3.63) is 29.3 Å². The van der Waals surface area contributed by atoms with Crippen molar-refractivity contribution in [1.82, 2.24) is 10.2 Å². The number of rotatable bonds is 5. The highest BCUT2D eigenvalue weighted by molar-refractivity contribution is 7.99. The fourth-order valence-electron chi connectivity index (χ4n) is 1.96. The van der Waals surface area contributed by atoms with Gasteiger partial charge in [-0.2, -0.15) is 11.8 Å². The summed E-state index contributed by atoms with van der Waals surface area (Å²) in [4.78, 5) is 13.9. The normalized spacial score (nSPS) is 18.6. The molecule has 1 atom stereocenters. The Labute approximate surface area is 128 Å². The van der Waals surface area contributed by atoms with Gasteiger partial charge in [0.05, 0.1) is 12.6 Å². The molecule has 1 N–H and O–H groups in total. The number of carbonyl (C=O) groups is 1. The van der Waals surface area contributed by atoms with Crippen molar-refractivity contribution in [3.63, 3.8) is 0 Å². The van der Waals surface area contributed by atoms with Gasteiger partial charge in [0.2, 0.25) is 5.91 Å². The molecule has 2 rings (SSSR count). The first kappa shape index (κ1) is 15.5. The number of amides is 1. The third-order valence-electron chi connectivity index (χ3n) is 3.09. The van der Waals surface area contributed by atoms with E-state index in [-0.39, 0.29) is 11.9 Å². The van der Waals surface area contributed by atoms with Crippen molar-refractivity contribution in [2.45, 2.75) is 6.04 Å². The SMILES string of the molecule is CN(CCOc1cccc(Cl)c1)C(=O)C1CSCCN1. The van der Waals surface area contributed by atoms with Crippen molar-refractivity contribution >= 4 is 29.3 Å². The molecule has 1 heterocycles. The smallest absolute Gasteiger partial charge is 0.240 e. The Morgan fingerprint density at radius 1 is 1.60 bits per heavy atom. The minimum atomic E-state index is -0.0649. The molecule has 0 spiro atoms. The Hall–Kier alpha value is -0.910. The van der Waals surface area contributed by atoms with Crippen LogP contribution < -0.4 is 10.1 Å². The van der Waals surface area contributed by atoms with Crippen molar-refractivity contribution in [2.24, 2.45) is 0 Å². The van der Waals surface area contributed by atoms with Gasteiger partial charge in [0.15, 0.2) is 0 Å². The second kappa shape index (κ2) is 7.76. The quantitative estimate of drug-likeness (QED) is 0.901. The molecule has 110 valence electrons. The van der Waals surface area contributed by atoms with Crippen LogP contribution in [0.15, 0.2) is 24.3 Å². The Balaban J connectivity index is 1.74. The molecule has 1 aromatic rings. The summed E-state index contributed by atoms with van der Waals surface area (Å²) in [6.07, 6.45) is 0. The molecule has 1 aliphatic rings. The highest BCUT2D eigenvalue weighted by atomic mass is 35.5. The third-order valence-corrected chi connectivity index (χ3v) is 4.38. The van der Waals surface area contributed by atoms with Crippen LogP contribution >= 0.6 is 23.4 Å². The summed E-state index contributed by atoms with van der Waals surface area (Å²) < 4.78 is 5.59. The van der Waals surface area contributed by atoms with Crippen LogP contribution in [0.2, 0.25) is 5.02 Å². The van der Waals surface area contributed by atoms with E-state index < -0.39 is 0 Å². The van der Waals surface area contributed by atoms with Crippen LogP contribution in [0, 0.1) is 0 Å². The summed E-state index contributed by atoms with van der Waals surface area (Å²) in [6.45, 7) is 1.92. The molecule has 0 saturated carbocycles. The Bertz CT molecular complexity index is 453. The lowest BCUT2D eigenvalue weighted by atomic mass is 10.3. The second-order valence-electron chi connectivity index (χ2n) is 4.65. The number of likely N-dealkylation sites (N-methyl/N-ethyl adjacent to an activating group) is 1. The number of nitrogens with zero attached hydrogens (tertiary/aromatic N) is 1. The Morgan fingerprint density at radius 3 is 3.15 bits per heavy atom. The molecule has 1 fully saturated rings. The van der Waals surface area contributed by atoms with Crippen molar-refractivity contribution < 1.29 is 9.53 Å². The summed E-state index contributed by atoms with van der Waals surface area (Å²) >= 11 is 7.70. The van der Waals surface area contributed by atoms with Crippen molar-refractivity contribution in [3.8, 4) is 5.75 Å². The summed E-state index contributed by atoms with van der Waals surface area (Å²) in [5.41, 5.74) is 0. The zero-order valence-corrected chi connectivity index (χ0v) is 13.0. The molecule has 1 amide bonds. The zero-order valence-electron chi connectivity index (χ0n) is 11.5. The van der Waals surface area contributed by atoms with Gasteiger partial charge in [-0.05, 0) is 18.2 Å². The molecule has 0 radical (unpaired) electrons. The Kier molecular flexibility index (Phi) is 6.01. The summed E-state index contributed by atoms with van der Waals surface area (Å²) in [7, 11) is 1.81. The van der Waals surface area contributed by atoms with Gasteiger partial charge < -0.3 is 15.0 Å². The molecule has 1 unspecified atom stereocenters. The van der Waals surface area contributed by atoms with Crippen molar-refractivity contribution in [1.29, 1.82) is 0 Å². The van der Waals surface area contributed by atoms with E-state index in [0.29, 0.717) is 18.2 Å². The minimum absolute atomic E-state index is 0.0649. The van der Waals surface area contributed by atoms with Gasteiger partial charge in [-0.25, -0.2) is 0 Å². The highest BCUT2D eigenvalue weighted by Gasteiger charge is 2.23. The minimum Gasteiger partial charge on any atom is -0.492 e. The molecule has 20 heavy (non-hydrogen) atoms. The lowest BCUT2D eigenvalue weighted by Crippen LogP contribution is -2.50. The van der Waals surface area contributed by atoms with Gasteiger partial charge in [-0.3, -0.25) is 4.79 Å². The van der Waals surface area contributed by atoms with Crippen LogP contribution in [0.3, 0.4) is 0 Å². The lowest BCUT2D eigenvalue weighted by Gasteiger charge is -2.27. The van der Waals surface area contributed by atoms with Crippen LogP contribution in [-0.2, 0) is 4.79 Å². The van der Waals surface area contributed by atoms with E-state index in [4.69, 9.17) is 16.3 Å². The fraction of sp³-hybridized carbons (Fsp3) is 0.500. The molecule has 0 aliphatic carbocycles. The standard InChI is InChI=1S/C14H19ClN2O2S/c1-17(14(18)13-10-20-8-5-16-13)6-7-19-12-4-2-3-11(15)9-12/h2-4,9,13,16H,5-8,10H2,1H3. The number of halogens is 1. The maximum absolute atomic E-state index is 12.2. The van der Waals surface area contributed by atoms with Gasteiger partial charge in [0.25, 0.3) is 0 Å². The van der Waals surface area contributed by atoms with Gasteiger partial charge >= 0.3 is 0 Å². The molecule has 1 saturated heterocycles. The average molecular weight is 315 g/mol. The topological polar surface area (TPSA) is 41.6 Å². The van der Waals surface area contributed by atoms with Gasteiger partial charge in [0, 0.05) is 30.1 Å². The summed E-state index contributed by atoms with van der Waals surface area (Å²) in [5, 5.41) is 3.89. The first-order valence-corrected chi connectivity index (χ1v) is 8.14. The third kappa shape index (κ3) is 4.58. The number of benzene rings is 1. The molecule has 6 heteroatoms. The molecule has 0 bridgehead atoms. The second-order valence-corrected chi connectivity index (χ2v) is 6.23. The first-order chi connectivity index (χ1) is 9.66. The number of hydrogen-bond donors (Lipinski definition) is 1. The zero-order chi connectivity index (χ0) is 14.4. The predicted octanol–water partition coefficient (Wildman–Crippen LogP) is 1.88. The largest absolute Gasteiger partial charge is 0.492 e. The lowest BCUT2D eigenvalue weighted by molar-refractivity contribution is -0.131. The number of nitrogens with one attached hydrogen (secondary N) is 1. The maximum atomic E-state index is 12.2. The molecule has 1 aliphatic heterocycles. The van der Waals surface area contributed by atoms with E-state index in [1.807, 2.05) is 30.9 Å². The molecule has 4 nitrogen and oxygen atoms in total. The van der Waals surface area contributed by atoms with E-state index in [9.17, 15) is 4.79 Å². The number of hydrogen-bond acceptors (Lipinski definition) is 4. The molecule has 0 aromatic heterocycles. The van der Waals surface area contributed by atoms with Crippen LogP contribution in [-0.4, -0.2) is 55.1 Å². The molecular formula is C14H19ClN2O2S. The van der Waals surface area contributed by atoms with E-state index in [0.717, 1.165) is 23.8 Å². The van der Waals surface area contributed by atoms with Gasteiger partial charge in [-0.1, -0.05) is 17.7 Å². The van der Waals surface area contributed by atoms with E-state index >= 15 is 0 Å². The van der Waals surface area contributed by atoms with Gasteiger partial charge in [0.1, 0.15) is 12.4 Å². The van der Waals surface area contributed by atoms with Crippen molar-refractivity contribution in [2.75, 3.05) is 38.2 Å². The van der Waals surface area contributed by atoms with E-state index in [1.165, 1.54) is 0 Å². The van der Waals surface area contributed by atoms with Gasteiger partial charge in [-0.15, -0.1) is 0 Å². The fourth-order valence-corrected chi connectivity index (χ4v) is 3.06. The van der Waals surface area contributed by atoms with Crippen LogP contribution in [0.4, 0.5) is 0 Å². The number of thioether (sulfide) groups is 1. The van der Waals surface area contributed by atoms with Crippen LogP contribution in [0.25, 0.3) is 0 Å².